The predicted molar refractivity (Wildman–Crippen MR) is 72.7 cm³/mol. The second kappa shape index (κ2) is 4.64. The van der Waals surface area contributed by atoms with Crippen LogP contribution in [0, 0.1) is 5.92 Å². The van der Waals surface area contributed by atoms with E-state index in [-0.39, 0.29) is 17.9 Å². The van der Waals surface area contributed by atoms with Crippen LogP contribution in [-0.2, 0) is 9.53 Å². The second-order valence-corrected chi connectivity index (χ2v) is 5.56. The normalized spacial score (nSPS) is 26.6. The van der Waals surface area contributed by atoms with Crippen molar-refractivity contribution in [3.63, 3.8) is 0 Å². The molecule has 1 fully saturated rings. The molecule has 0 saturated carbocycles. The van der Waals surface area contributed by atoms with Gasteiger partial charge in [0.05, 0.1) is 19.1 Å². The summed E-state index contributed by atoms with van der Waals surface area (Å²) in [5, 5.41) is 2.84. The van der Waals surface area contributed by atoms with Crippen LogP contribution < -0.4 is 20.5 Å². The maximum absolute atomic E-state index is 12.1. The average molecular weight is 278 g/mol. The summed E-state index contributed by atoms with van der Waals surface area (Å²) in [4.78, 5) is 12.1. The van der Waals surface area contributed by atoms with Gasteiger partial charge in [0.2, 0.25) is 11.7 Å². The molecule has 108 valence electrons. The molecule has 0 aliphatic carbocycles. The first-order chi connectivity index (χ1) is 9.44. The summed E-state index contributed by atoms with van der Waals surface area (Å²) >= 11 is 0. The number of nitrogens with two attached hydrogens (primary N) is 1. The molecule has 0 radical (unpaired) electrons. The van der Waals surface area contributed by atoms with Gasteiger partial charge in [-0.25, -0.2) is 0 Å². The Kier molecular flexibility index (Phi) is 3.07. The van der Waals surface area contributed by atoms with Crippen molar-refractivity contribution in [3.8, 4) is 11.5 Å². The summed E-state index contributed by atoms with van der Waals surface area (Å²) < 4.78 is 16.4. The van der Waals surface area contributed by atoms with Crippen molar-refractivity contribution in [3.05, 3.63) is 18.2 Å². The van der Waals surface area contributed by atoms with E-state index < -0.39 is 5.79 Å². The maximum atomic E-state index is 12.1. The van der Waals surface area contributed by atoms with Gasteiger partial charge in [0.25, 0.3) is 0 Å². The quantitative estimate of drug-likeness (QED) is 0.846. The van der Waals surface area contributed by atoms with Crippen LogP contribution in [0.1, 0.15) is 13.8 Å². The van der Waals surface area contributed by atoms with Gasteiger partial charge in [-0.3, -0.25) is 4.79 Å². The predicted octanol–water partition coefficient (Wildman–Crippen LogP) is 1.11. The van der Waals surface area contributed by atoms with E-state index in [1.807, 2.05) is 13.8 Å². The van der Waals surface area contributed by atoms with Crippen LogP contribution in [0.15, 0.2) is 18.2 Å². The van der Waals surface area contributed by atoms with Gasteiger partial charge in [0.1, 0.15) is 0 Å². The number of carbonyl (C=O) groups is 1. The molecule has 0 spiro atoms. The van der Waals surface area contributed by atoms with Crippen LogP contribution in [0.4, 0.5) is 5.69 Å². The van der Waals surface area contributed by atoms with Crippen LogP contribution in [-0.4, -0.2) is 30.9 Å². The number of ether oxygens (including phenoxy) is 3. The monoisotopic (exact) mass is 278 g/mol. The lowest BCUT2D eigenvalue weighted by atomic mass is 10.0. The van der Waals surface area contributed by atoms with Crippen molar-refractivity contribution in [1.82, 2.24) is 0 Å². The van der Waals surface area contributed by atoms with Crippen molar-refractivity contribution in [2.24, 2.45) is 11.7 Å². The Labute approximate surface area is 117 Å². The third-order valence-corrected chi connectivity index (χ3v) is 3.38. The van der Waals surface area contributed by atoms with Crippen molar-refractivity contribution < 1.29 is 19.0 Å². The smallest absolute Gasteiger partial charge is 0.246 e. The zero-order valence-corrected chi connectivity index (χ0v) is 11.5. The minimum Gasteiger partial charge on any atom is -0.449 e. The first-order valence-electron chi connectivity index (χ1n) is 6.61. The largest absolute Gasteiger partial charge is 0.449 e. The molecule has 1 aromatic rings. The van der Waals surface area contributed by atoms with Crippen LogP contribution >= 0.6 is 0 Å². The summed E-state index contributed by atoms with van der Waals surface area (Å²) in [7, 11) is 0. The second-order valence-electron chi connectivity index (χ2n) is 5.56. The number of hydrogen-bond acceptors (Lipinski definition) is 5. The van der Waals surface area contributed by atoms with E-state index >= 15 is 0 Å². The van der Waals surface area contributed by atoms with Gasteiger partial charge in [-0.2, -0.15) is 0 Å². The van der Waals surface area contributed by atoms with Gasteiger partial charge in [-0.15, -0.1) is 0 Å². The zero-order chi connectivity index (χ0) is 14.3. The summed E-state index contributed by atoms with van der Waals surface area (Å²) in [5.74, 6) is 0.186. The van der Waals surface area contributed by atoms with Crippen molar-refractivity contribution in [1.29, 1.82) is 0 Å². The number of rotatable bonds is 2. The molecular formula is C14H18N2O4. The molecule has 2 aliphatic rings. The van der Waals surface area contributed by atoms with Crippen molar-refractivity contribution in [2.45, 2.75) is 25.7 Å². The van der Waals surface area contributed by atoms with E-state index in [2.05, 4.69) is 5.32 Å². The Hall–Kier alpha value is -1.79. The van der Waals surface area contributed by atoms with Gasteiger partial charge >= 0.3 is 0 Å². The Morgan fingerprint density at radius 2 is 2.05 bits per heavy atom. The third kappa shape index (κ3) is 2.44. The Balaban J connectivity index is 1.72. The molecule has 1 aromatic carbocycles. The van der Waals surface area contributed by atoms with E-state index in [0.29, 0.717) is 30.4 Å². The Bertz CT molecular complexity index is 544. The molecule has 6 heteroatoms. The Morgan fingerprint density at radius 1 is 1.30 bits per heavy atom. The van der Waals surface area contributed by atoms with Crippen LogP contribution in [0.3, 0.4) is 0 Å². The molecule has 0 aromatic heterocycles. The molecule has 2 atom stereocenters. The lowest BCUT2D eigenvalue weighted by Crippen LogP contribution is -2.37. The molecule has 3 N–H and O–H groups in total. The summed E-state index contributed by atoms with van der Waals surface area (Å²) in [6.45, 7) is 4.46. The first kappa shape index (κ1) is 13.2. The van der Waals surface area contributed by atoms with Crippen LogP contribution in [0.5, 0.6) is 11.5 Å². The summed E-state index contributed by atoms with van der Waals surface area (Å²) in [5.41, 5.74) is 6.49. The van der Waals surface area contributed by atoms with Gasteiger partial charge < -0.3 is 25.3 Å². The standard InChI is InChI=1S/C14H18N2O4/c1-14(2)19-11-4-3-8(5-12(11)20-14)16-13(17)9-6-18-7-10(9)15/h3-5,9-10H,6-7,15H2,1-2H3,(H,16,17). The molecule has 1 amide bonds. The van der Waals surface area contributed by atoms with Gasteiger partial charge in [-0.05, 0) is 12.1 Å². The number of anilines is 1. The molecule has 2 aliphatic heterocycles. The number of benzene rings is 1. The number of fused-ring (bicyclic) bond motifs is 1. The number of hydrogen-bond donors (Lipinski definition) is 2. The maximum Gasteiger partial charge on any atom is 0.246 e. The van der Waals surface area contributed by atoms with E-state index in [4.69, 9.17) is 19.9 Å². The van der Waals surface area contributed by atoms with Gasteiger partial charge in [-0.1, -0.05) is 0 Å². The number of carbonyl (C=O) groups excluding carboxylic acids is 1. The van der Waals surface area contributed by atoms with E-state index in [1.165, 1.54) is 0 Å². The van der Waals surface area contributed by atoms with E-state index in [1.54, 1.807) is 18.2 Å². The number of amides is 1. The third-order valence-electron chi connectivity index (χ3n) is 3.38. The summed E-state index contributed by atoms with van der Waals surface area (Å²) in [6.07, 6.45) is 0. The minimum atomic E-state index is -0.674. The molecule has 3 rings (SSSR count). The molecular weight excluding hydrogens is 260 g/mol. The molecule has 2 heterocycles. The highest BCUT2D eigenvalue weighted by atomic mass is 16.7. The molecule has 0 bridgehead atoms. The first-order valence-corrected chi connectivity index (χ1v) is 6.61. The highest BCUT2D eigenvalue weighted by molar-refractivity contribution is 5.93. The lowest BCUT2D eigenvalue weighted by molar-refractivity contribution is -0.120. The van der Waals surface area contributed by atoms with Crippen molar-refractivity contribution in [2.75, 3.05) is 18.5 Å². The topological polar surface area (TPSA) is 82.8 Å². The summed E-state index contributed by atoms with van der Waals surface area (Å²) in [6, 6.07) is 5.07. The lowest BCUT2D eigenvalue weighted by Gasteiger charge is -2.16. The average Bonchev–Trinajstić information content (AvgIpc) is 2.90. The minimum absolute atomic E-state index is 0.131. The fraction of sp³-hybridized carbons (Fsp3) is 0.500. The molecule has 6 nitrogen and oxygen atoms in total. The van der Waals surface area contributed by atoms with Crippen LogP contribution in [0.2, 0.25) is 0 Å². The highest BCUT2D eigenvalue weighted by Crippen LogP contribution is 2.40. The highest BCUT2D eigenvalue weighted by Gasteiger charge is 2.33. The van der Waals surface area contributed by atoms with E-state index in [0.717, 1.165) is 0 Å². The fourth-order valence-corrected chi connectivity index (χ4v) is 2.38. The van der Waals surface area contributed by atoms with E-state index in [9.17, 15) is 4.79 Å². The van der Waals surface area contributed by atoms with Crippen LogP contribution in [0.25, 0.3) is 0 Å². The molecule has 1 saturated heterocycles. The molecule has 20 heavy (non-hydrogen) atoms. The van der Waals surface area contributed by atoms with Crippen molar-refractivity contribution >= 4 is 11.6 Å². The Morgan fingerprint density at radius 3 is 2.75 bits per heavy atom. The molecule has 2 unspecified atom stereocenters. The zero-order valence-electron chi connectivity index (χ0n) is 11.5. The SMILES string of the molecule is CC1(C)Oc2ccc(NC(=O)C3COCC3N)cc2O1. The fourth-order valence-electron chi connectivity index (χ4n) is 2.38. The van der Waals surface area contributed by atoms with Gasteiger partial charge in [0.15, 0.2) is 11.5 Å². The van der Waals surface area contributed by atoms with Gasteiger partial charge in [0, 0.05) is 31.6 Å². The number of nitrogens with one attached hydrogen (secondary N) is 1.